The quantitative estimate of drug-likeness (QED) is 0.636. The Kier molecular flexibility index (Phi) is 6.16. The van der Waals surface area contributed by atoms with Crippen LogP contribution in [0.25, 0.3) is 0 Å². The van der Waals surface area contributed by atoms with E-state index in [1.165, 1.54) is 19.2 Å². The Hall–Kier alpha value is -3.35. The van der Waals surface area contributed by atoms with Crippen LogP contribution in [0, 0.1) is 11.8 Å². The number of ether oxygens (including phenoxy) is 1. The Morgan fingerprint density at radius 1 is 1.10 bits per heavy atom. The number of anilines is 1. The van der Waals surface area contributed by atoms with Crippen LogP contribution < -0.4 is 15.4 Å². The van der Waals surface area contributed by atoms with E-state index in [0.717, 1.165) is 12.0 Å². The maximum absolute atomic E-state index is 12.3. The smallest absolute Gasteiger partial charge is 0.335 e. The van der Waals surface area contributed by atoms with Gasteiger partial charge in [0.1, 0.15) is 5.75 Å². The van der Waals surface area contributed by atoms with E-state index < -0.39 is 5.97 Å². The molecule has 0 heterocycles. The number of rotatable bonds is 8. The molecule has 2 aromatic carbocycles. The third-order valence-corrected chi connectivity index (χ3v) is 5.07. The molecule has 1 fully saturated rings. The summed E-state index contributed by atoms with van der Waals surface area (Å²) in [6.07, 6.45) is 1.43. The Morgan fingerprint density at radius 2 is 1.76 bits per heavy atom. The zero-order valence-electron chi connectivity index (χ0n) is 16.4. The Labute approximate surface area is 169 Å². The molecular formula is C22H24N2O5. The highest BCUT2D eigenvalue weighted by Crippen LogP contribution is 2.38. The second kappa shape index (κ2) is 8.77. The van der Waals surface area contributed by atoms with Gasteiger partial charge in [0, 0.05) is 23.7 Å². The van der Waals surface area contributed by atoms with Crippen LogP contribution in [0.2, 0.25) is 0 Å². The molecule has 7 heteroatoms. The van der Waals surface area contributed by atoms with Gasteiger partial charge >= 0.3 is 5.97 Å². The number of nitrogens with one attached hydrogen (secondary N) is 2. The number of aromatic carboxylic acids is 1. The maximum Gasteiger partial charge on any atom is 0.335 e. The van der Waals surface area contributed by atoms with Crippen molar-refractivity contribution in [1.82, 2.24) is 5.32 Å². The first-order chi connectivity index (χ1) is 13.9. The normalized spacial score (nSPS) is 17.3. The number of hydrogen-bond donors (Lipinski definition) is 3. The van der Waals surface area contributed by atoms with Crippen LogP contribution in [0.4, 0.5) is 5.69 Å². The van der Waals surface area contributed by atoms with Crippen molar-refractivity contribution in [2.75, 3.05) is 19.0 Å². The third kappa shape index (κ3) is 5.13. The first kappa shape index (κ1) is 20.4. The predicted molar refractivity (Wildman–Crippen MR) is 108 cm³/mol. The molecule has 152 valence electrons. The molecule has 2 unspecified atom stereocenters. The molecule has 1 saturated carbocycles. The molecule has 7 nitrogen and oxygen atoms in total. The molecule has 1 aliphatic carbocycles. The summed E-state index contributed by atoms with van der Waals surface area (Å²) in [6, 6.07) is 11.4. The van der Waals surface area contributed by atoms with E-state index in [-0.39, 0.29) is 23.3 Å². The largest absolute Gasteiger partial charge is 0.496 e. The summed E-state index contributed by atoms with van der Waals surface area (Å²) >= 11 is 0. The summed E-state index contributed by atoms with van der Waals surface area (Å²) in [6.45, 7) is 2.42. The van der Waals surface area contributed by atoms with Gasteiger partial charge in [-0.15, -0.1) is 0 Å². The summed E-state index contributed by atoms with van der Waals surface area (Å²) in [5, 5.41) is 14.7. The fourth-order valence-corrected chi connectivity index (χ4v) is 3.12. The molecule has 3 rings (SSSR count). The molecule has 2 amide bonds. The van der Waals surface area contributed by atoms with E-state index in [0.29, 0.717) is 35.9 Å². The van der Waals surface area contributed by atoms with Crippen molar-refractivity contribution in [2.45, 2.75) is 19.8 Å². The molecule has 1 aliphatic rings. The maximum atomic E-state index is 12.3. The number of carboxylic acids is 1. The molecule has 0 spiro atoms. The highest BCUT2D eigenvalue weighted by molar-refractivity contribution is 5.97. The summed E-state index contributed by atoms with van der Waals surface area (Å²) in [4.78, 5) is 35.3. The highest BCUT2D eigenvalue weighted by Gasteiger charge is 2.39. The molecule has 0 aliphatic heterocycles. The summed E-state index contributed by atoms with van der Waals surface area (Å²) < 4.78 is 5.24. The molecule has 29 heavy (non-hydrogen) atoms. The third-order valence-electron chi connectivity index (χ3n) is 5.07. The van der Waals surface area contributed by atoms with Gasteiger partial charge in [0.2, 0.25) is 5.91 Å². The van der Waals surface area contributed by atoms with Crippen LogP contribution >= 0.6 is 0 Å². The van der Waals surface area contributed by atoms with E-state index in [9.17, 15) is 14.4 Å². The molecule has 0 bridgehead atoms. The van der Waals surface area contributed by atoms with Gasteiger partial charge in [0.05, 0.1) is 12.7 Å². The van der Waals surface area contributed by atoms with Crippen molar-refractivity contribution in [1.29, 1.82) is 0 Å². The molecule has 0 radical (unpaired) electrons. The zero-order valence-corrected chi connectivity index (χ0v) is 16.4. The van der Waals surface area contributed by atoms with Gasteiger partial charge in [-0.2, -0.15) is 0 Å². The lowest BCUT2D eigenvalue weighted by atomic mass is 10.1. The van der Waals surface area contributed by atoms with E-state index in [4.69, 9.17) is 9.84 Å². The fraction of sp³-hybridized carbons (Fsp3) is 0.318. The van der Waals surface area contributed by atoms with Gasteiger partial charge in [-0.1, -0.05) is 13.0 Å². The van der Waals surface area contributed by atoms with Crippen molar-refractivity contribution in [3.63, 3.8) is 0 Å². The fourth-order valence-electron chi connectivity index (χ4n) is 3.12. The van der Waals surface area contributed by atoms with Crippen LogP contribution in [0.1, 0.15) is 39.6 Å². The van der Waals surface area contributed by atoms with Gasteiger partial charge in [-0.25, -0.2) is 4.79 Å². The van der Waals surface area contributed by atoms with E-state index >= 15 is 0 Å². The first-order valence-electron chi connectivity index (χ1n) is 9.48. The van der Waals surface area contributed by atoms with Gasteiger partial charge in [-0.3, -0.25) is 9.59 Å². The molecular weight excluding hydrogens is 372 g/mol. The molecule has 0 aromatic heterocycles. The number of hydrogen-bond acceptors (Lipinski definition) is 4. The number of amides is 2. The van der Waals surface area contributed by atoms with E-state index in [1.807, 2.05) is 6.92 Å². The van der Waals surface area contributed by atoms with Crippen molar-refractivity contribution in [2.24, 2.45) is 11.8 Å². The lowest BCUT2D eigenvalue weighted by Crippen LogP contribution is -2.25. The number of carbonyl (C=O) groups is 3. The van der Waals surface area contributed by atoms with Crippen molar-refractivity contribution >= 4 is 23.5 Å². The lowest BCUT2D eigenvalue weighted by molar-refractivity contribution is -0.117. The average molecular weight is 396 g/mol. The van der Waals surface area contributed by atoms with Gasteiger partial charge in [-0.05, 0) is 60.7 Å². The number of carbonyl (C=O) groups excluding carboxylic acids is 2. The van der Waals surface area contributed by atoms with E-state index in [1.54, 1.807) is 30.3 Å². The topological polar surface area (TPSA) is 105 Å². The SMILES string of the molecule is COc1cc(C(=O)O)ccc1CCNC(=O)c1ccc(NC(=O)C2CC2C)cc1. The molecule has 3 N–H and O–H groups in total. The average Bonchev–Trinajstić information content (AvgIpc) is 3.45. The van der Waals surface area contributed by atoms with Crippen LogP contribution in [0.15, 0.2) is 42.5 Å². The first-order valence-corrected chi connectivity index (χ1v) is 9.48. The minimum atomic E-state index is -1.02. The summed E-state index contributed by atoms with van der Waals surface area (Å²) in [5.74, 6) is -0.199. The highest BCUT2D eigenvalue weighted by atomic mass is 16.5. The van der Waals surface area contributed by atoms with Gasteiger partial charge in [0.25, 0.3) is 5.91 Å². The lowest BCUT2D eigenvalue weighted by Gasteiger charge is -2.11. The molecule has 0 saturated heterocycles. The Morgan fingerprint density at radius 3 is 2.34 bits per heavy atom. The standard InChI is InChI=1S/C22H24N2O5/c1-13-11-18(13)21(26)24-17-7-5-15(6-8-17)20(25)23-10-9-14-3-4-16(22(27)28)12-19(14)29-2/h3-8,12-13,18H,9-11H2,1-2H3,(H,23,25)(H,24,26)(H,27,28). The van der Waals surface area contributed by atoms with Crippen LogP contribution in [0.5, 0.6) is 5.75 Å². The molecule has 2 atom stereocenters. The minimum Gasteiger partial charge on any atom is -0.496 e. The monoisotopic (exact) mass is 396 g/mol. The Bertz CT molecular complexity index is 923. The van der Waals surface area contributed by atoms with Crippen LogP contribution in [-0.4, -0.2) is 36.5 Å². The molecule has 2 aromatic rings. The van der Waals surface area contributed by atoms with Crippen LogP contribution in [0.3, 0.4) is 0 Å². The second-order valence-corrected chi connectivity index (χ2v) is 7.22. The second-order valence-electron chi connectivity index (χ2n) is 7.22. The van der Waals surface area contributed by atoms with Gasteiger partial charge in [0.15, 0.2) is 0 Å². The zero-order chi connectivity index (χ0) is 21.0. The predicted octanol–water partition coefficient (Wildman–Crippen LogP) is 2.96. The number of methoxy groups -OCH3 is 1. The van der Waals surface area contributed by atoms with Crippen molar-refractivity contribution in [3.8, 4) is 5.75 Å². The number of carboxylic acid groups (broad SMARTS) is 1. The number of benzene rings is 2. The van der Waals surface area contributed by atoms with Crippen LogP contribution in [-0.2, 0) is 11.2 Å². The Balaban J connectivity index is 1.52. The van der Waals surface area contributed by atoms with E-state index in [2.05, 4.69) is 10.6 Å². The van der Waals surface area contributed by atoms with Crippen molar-refractivity contribution < 1.29 is 24.2 Å². The minimum absolute atomic E-state index is 0.0255. The van der Waals surface area contributed by atoms with Gasteiger partial charge < -0.3 is 20.5 Å². The summed E-state index contributed by atoms with van der Waals surface area (Å²) in [5.41, 5.74) is 2.13. The summed E-state index contributed by atoms with van der Waals surface area (Å²) in [7, 11) is 1.48. The van der Waals surface area contributed by atoms with Crippen molar-refractivity contribution in [3.05, 3.63) is 59.2 Å².